The van der Waals surface area contributed by atoms with Crippen molar-refractivity contribution in [2.45, 2.75) is 44.1 Å². The third-order valence-corrected chi connectivity index (χ3v) is 6.49. The molecule has 3 aromatic rings. The molecule has 1 saturated carbocycles. The molecule has 7 heteroatoms. The topological polar surface area (TPSA) is 83.7 Å². The lowest BCUT2D eigenvalue weighted by Gasteiger charge is -2.42. The van der Waals surface area contributed by atoms with E-state index < -0.39 is 0 Å². The van der Waals surface area contributed by atoms with Gasteiger partial charge in [0.1, 0.15) is 11.5 Å². The number of rotatable bonds is 3. The van der Waals surface area contributed by atoms with Crippen LogP contribution in [-0.4, -0.2) is 38.8 Å². The average molecular weight is 382 g/mol. The van der Waals surface area contributed by atoms with Crippen LogP contribution in [-0.2, 0) is 0 Å². The Labute approximate surface area is 164 Å². The SMILES string of the molecule is NC1(C2CCCN(c3ccc(F)c(-c4[nH]nc5ncccc45)n3)C2)CCCC1.[HH]. The number of pyridine rings is 2. The molecule has 5 rings (SSSR count). The third kappa shape index (κ3) is 2.94. The lowest BCUT2D eigenvalue weighted by Crippen LogP contribution is -2.52. The van der Waals surface area contributed by atoms with Crippen LogP contribution < -0.4 is 10.6 Å². The quantitative estimate of drug-likeness (QED) is 0.718. The third-order valence-electron chi connectivity index (χ3n) is 6.49. The van der Waals surface area contributed by atoms with E-state index in [1.807, 2.05) is 12.1 Å². The van der Waals surface area contributed by atoms with Crippen molar-refractivity contribution in [3.63, 3.8) is 0 Å². The molecule has 4 heterocycles. The molecule has 148 valence electrons. The van der Waals surface area contributed by atoms with E-state index >= 15 is 0 Å². The van der Waals surface area contributed by atoms with Crippen molar-refractivity contribution in [2.24, 2.45) is 11.7 Å². The number of halogens is 1. The number of fused-ring (bicyclic) bond motifs is 1. The van der Waals surface area contributed by atoms with E-state index in [0.29, 0.717) is 23.0 Å². The molecule has 0 aromatic carbocycles. The molecule has 28 heavy (non-hydrogen) atoms. The number of aromatic nitrogens is 4. The number of aromatic amines is 1. The number of nitrogens with one attached hydrogen (secondary N) is 1. The summed E-state index contributed by atoms with van der Waals surface area (Å²) in [5.74, 6) is 0.906. The number of piperidine rings is 1. The zero-order chi connectivity index (χ0) is 19.1. The smallest absolute Gasteiger partial charge is 0.181 e. The minimum Gasteiger partial charge on any atom is -0.356 e. The van der Waals surface area contributed by atoms with E-state index in [2.05, 4.69) is 25.1 Å². The Bertz CT molecular complexity index is 1000. The van der Waals surface area contributed by atoms with Gasteiger partial charge in [0.2, 0.25) is 0 Å². The summed E-state index contributed by atoms with van der Waals surface area (Å²) in [5, 5.41) is 7.86. The monoisotopic (exact) mass is 382 g/mol. The van der Waals surface area contributed by atoms with Gasteiger partial charge in [0, 0.05) is 31.6 Å². The predicted molar refractivity (Wildman–Crippen MR) is 110 cm³/mol. The number of nitrogens with two attached hydrogens (primary N) is 1. The number of H-pyrrole nitrogens is 1. The van der Waals surface area contributed by atoms with Gasteiger partial charge >= 0.3 is 0 Å². The van der Waals surface area contributed by atoms with Crippen molar-refractivity contribution >= 4 is 16.9 Å². The van der Waals surface area contributed by atoms with Crippen LogP contribution in [0.3, 0.4) is 0 Å². The van der Waals surface area contributed by atoms with Crippen LogP contribution in [0, 0.1) is 11.7 Å². The van der Waals surface area contributed by atoms with Crippen molar-refractivity contribution in [1.29, 1.82) is 0 Å². The predicted octanol–water partition coefficient (Wildman–Crippen LogP) is 3.89. The summed E-state index contributed by atoms with van der Waals surface area (Å²) in [4.78, 5) is 11.2. The fraction of sp³-hybridized carbons (Fsp3) is 0.476. The Morgan fingerprint density at radius 1 is 1.21 bits per heavy atom. The van der Waals surface area contributed by atoms with E-state index in [9.17, 15) is 4.39 Å². The zero-order valence-electron chi connectivity index (χ0n) is 15.9. The Morgan fingerprint density at radius 2 is 2.07 bits per heavy atom. The van der Waals surface area contributed by atoms with Crippen molar-refractivity contribution < 1.29 is 5.82 Å². The molecule has 1 aliphatic heterocycles. The van der Waals surface area contributed by atoms with Crippen molar-refractivity contribution in [2.75, 3.05) is 18.0 Å². The number of nitrogens with zero attached hydrogens (tertiary/aromatic N) is 4. The molecular formula is C21H27FN6. The van der Waals surface area contributed by atoms with Crippen LogP contribution in [0.5, 0.6) is 0 Å². The second-order valence-corrected chi connectivity index (χ2v) is 8.20. The van der Waals surface area contributed by atoms with E-state index in [0.717, 1.165) is 50.0 Å². The highest BCUT2D eigenvalue weighted by molar-refractivity contribution is 5.89. The first-order chi connectivity index (χ1) is 13.6. The van der Waals surface area contributed by atoms with Gasteiger partial charge in [0.05, 0.1) is 5.69 Å². The molecule has 2 aliphatic rings. The molecule has 2 fully saturated rings. The Morgan fingerprint density at radius 3 is 2.93 bits per heavy atom. The van der Waals surface area contributed by atoms with Gasteiger partial charge in [0.15, 0.2) is 11.5 Å². The molecule has 3 N–H and O–H groups in total. The summed E-state index contributed by atoms with van der Waals surface area (Å²) in [7, 11) is 0. The van der Waals surface area contributed by atoms with Gasteiger partial charge in [-0.3, -0.25) is 5.10 Å². The molecule has 0 amide bonds. The normalized spacial score (nSPS) is 22.1. The van der Waals surface area contributed by atoms with Crippen LogP contribution in [0.15, 0.2) is 30.5 Å². The fourth-order valence-corrected chi connectivity index (χ4v) is 4.91. The van der Waals surface area contributed by atoms with Gasteiger partial charge in [-0.2, -0.15) is 5.10 Å². The summed E-state index contributed by atoms with van der Waals surface area (Å²) >= 11 is 0. The van der Waals surface area contributed by atoms with Gasteiger partial charge in [-0.1, -0.05) is 12.8 Å². The standard InChI is InChI=1S/C21H25FN6.H2/c22-16-7-8-17(25-19(16)18-15-6-3-11-24-20(15)27-26-18)28-12-4-5-14(13-28)21(23)9-1-2-10-21;/h3,6-8,11,14H,1-2,4-5,9-10,12-13,23H2,(H,24,26,27);1H. The van der Waals surface area contributed by atoms with Crippen LogP contribution in [0.25, 0.3) is 22.4 Å². The number of anilines is 1. The fourth-order valence-electron chi connectivity index (χ4n) is 4.91. The van der Waals surface area contributed by atoms with Gasteiger partial charge in [-0.05, 0) is 55.9 Å². The van der Waals surface area contributed by atoms with Crippen molar-refractivity contribution in [3.05, 3.63) is 36.3 Å². The second kappa shape index (κ2) is 6.81. The summed E-state index contributed by atoms with van der Waals surface area (Å²) in [6.07, 6.45) is 8.61. The number of hydrogen-bond acceptors (Lipinski definition) is 5. The van der Waals surface area contributed by atoms with Gasteiger partial charge in [-0.15, -0.1) is 0 Å². The van der Waals surface area contributed by atoms with E-state index in [4.69, 9.17) is 5.73 Å². The highest BCUT2D eigenvalue weighted by atomic mass is 19.1. The Balaban J connectivity index is 0.00000205. The maximum atomic E-state index is 14.6. The molecule has 1 saturated heterocycles. The first-order valence-corrected chi connectivity index (χ1v) is 10.1. The first-order valence-electron chi connectivity index (χ1n) is 10.1. The zero-order valence-corrected chi connectivity index (χ0v) is 15.9. The maximum Gasteiger partial charge on any atom is 0.181 e. The summed E-state index contributed by atoms with van der Waals surface area (Å²) in [5.41, 5.74) is 8.12. The highest BCUT2D eigenvalue weighted by Gasteiger charge is 2.39. The Hall–Kier alpha value is -2.54. The molecule has 0 radical (unpaired) electrons. The van der Waals surface area contributed by atoms with Crippen LogP contribution in [0.1, 0.15) is 40.0 Å². The molecule has 1 atom stereocenters. The van der Waals surface area contributed by atoms with Crippen molar-refractivity contribution in [1.82, 2.24) is 20.2 Å². The summed E-state index contributed by atoms with van der Waals surface area (Å²) in [6.45, 7) is 1.82. The van der Waals surface area contributed by atoms with Crippen LogP contribution in [0.4, 0.5) is 10.2 Å². The molecule has 1 aliphatic carbocycles. The largest absolute Gasteiger partial charge is 0.356 e. The van der Waals surface area contributed by atoms with Gasteiger partial charge in [-0.25, -0.2) is 14.4 Å². The van der Waals surface area contributed by atoms with E-state index in [1.165, 1.54) is 18.9 Å². The number of hydrogen-bond donors (Lipinski definition) is 2. The Kier molecular flexibility index (Phi) is 4.27. The van der Waals surface area contributed by atoms with Gasteiger partial charge < -0.3 is 10.6 Å². The lowest BCUT2D eigenvalue weighted by molar-refractivity contribution is 0.239. The molecule has 3 aromatic heterocycles. The molecule has 0 bridgehead atoms. The molecule has 1 unspecified atom stereocenters. The first kappa shape index (κ1) is 17.6. The molecular weight excluding hydrogens is 355 g/mol. The maximum absolute atomic E-state index is 14.6. The minimum absolute atomic E-state index is 0. The van der Waals surface area contributed by atoms with Crippen LogP contribution >= 0.6 is 0 Å². The van der Waals surface area contributed by atoms with Crippen LogP contribution in [0.2, 0.25) is 0 Å². The lowest BCUT2D eigenvalue weighted by atomic mass is 9.78. The van der Waals surface area contributed by atoms with E-state index in [-0.39, 0.29) is 12.8 Å². The van der Waals surface area contributed by atoms with Gasteiger partial charge in [0.25, 0.3) is 0 Å². The second-order valence-electron chi connectivity index (χ2n) is 8.20. The minimum atomic E-state index is -0.363. The molecule has 0 spiro atoms. The molecule has 6 nitrogen and oxygen atoms in total. The summed E-state index contributed by atoms with van der Waals surface area (Å²) < 4.78 is 14.6. The average Bonchev–Trinajstić information content (AvgIpc) is 3.36. The highest BCUT2D eigenvalue weighted by Crippen LogP contribution is 2.39. The van der Waals surface area contributed by atoms with Crippen molar-refractivity contribution in [3.8, 4) is 11.4 Å². The van der Waals surface area contributed by atoms with E-state index in [1.54, 1.807) is 12.3 Å². The summed E-state index contributed by atoms with van der Waals surface area (Å²) in [6, 6.07) is 6.97.